The Morgan fingerprint density at radius 3 is 2.31 bits per heavy atom. The zero-order valence-corrected chi connectivity index (χ0v) is 22.8. The first-order valence-corrected chi connectivity index (χ1v) is 13.0. The summed E-state index contributed by atoms with van der Waals surface area (Å²) in [6.07, 6.45) is 0.140. The van der Waals surface area contributed by atoms with Crippen LogP contribution in [0.2, 0.25) is 5.02 Å². The number of halogens is 1. The maximum Gasteiger partial charge on any atom is 0.415 e. The van der Waals surface area contributed by atoms with Gasteiger partial charge in [0.15, 0.2) is 5.75 Å². The number of hydrogen-bond acceptors (Lipinski definition) is 5. The minimum Gasteiger partial charge on any atom is -0.447 e. The molecule has 0 aliphatic carbocycles. The predicted molar refractivity (Wildman–Crippen MR) is 151 cm³/mol. The lowest BCUT2D eigenvalue weighted by Gasteiger charge is -2.21. The van der Waals surface area contributed by atoms with Crippen LogP contribution in [0.15, 0.2) is 79.0 Å². The summed E-state index contributed by atoms with van der Waals surface area (Å²) in [6, 6.07) is 21.6. The van der Waals surface area contributed by atoms with Gasteiger partial charge >= 0.3 is 12.1 Å². The highest BCUT2D eigenvalue weighted by molar-refractivity contribution is 6.31. The maximum absolute atomic E-state index is 13.6. The van der Waals surface area contributed by atoms with E-state index < -0.39 is 24.1 Å². The van der Waals surface area contributed by atoms with Crippen LogP contribution in [0.25, 0.3) is 10.9 Å². The average Bonchev–Trinajstić information content (AvgIpc) is 3.33. The van der Waals surface area contributed by atoms with E-state index in [0.717, 1.165) is 11.1 Å². The van der Waals surface area contributed by atoms with E-state index >= 15 is 0 Å². The molecule has 4 aromatic rings. The molecule has 39 heavy (non-hydrogen) atoms. The number of benzene rings is 3. The van der Waals surface area contributed by atoms with Gasteiger partial charge in [0.2, 0.25) is 6.10 Å². The molecular weight excluding hydrogens is 518 g/mol. The van der Waals surface area contributed by atoms with Gasteiger partial charge in [-0.1, -0.05) is 60.1 Å². The highest BCUT2D eigenvalue weighted by Crippen LogP contribution is 2.36. The first kappa shape index (κ1) is 27.7. The van der Waals surface area contributed by atoms with Crippen LogP contribution in [0.1, 0.15) is 38.0 Å². The molecule has 2 amide bonds. The van der Waals surface area contributed by atoms with Gasteiger partial charge in [-0.15, -0.1) is 0 Å². The summed E-state index contributed by atoms with van der Waals surface area (Å²) in [4.78, 5) is 39.8. The Balaban J connectivity index is 1.76. The molecule has 4 rings (SSSR count). The number of aromatic nitrogens is 1. The van der Waals surface area contributed by atoms with Crippen LogP contribution in [-0.4, -0.2) is 40.5 Å². The second-order valence-corrected chi connectivity index (χ2v) is 9.24. The van der Waals surface area contributed by atoms with E-state index in [0.29, 0.717) is 41.3 Å². The number of ether oxygens (including phenoxy) is 2. The Morgan fingerprint density at radius 1 is 0.949 bits per heavy atom. The lowest BCUT2D eigenvalue weighted by molar-refractivity contribution is -0.152. The molecule has 0 saturated carbocycles. The van der Waals surface area contributed by atoms with Crippen molar-refractivity contribution in [2.24, 2.45) is 0 Å². The van der Waals surface area contributed by atoms with Crippen LogP contribution in [-0.2, 0) is 20.9 Å². The molecular formula is C30H30ClN3O5. The van der Waals surface area contributed by atoms with Crippen LogP contribution >= 0.6 is 11.6 Å². The largest absolute Gasteiger partial charge is 0.447 e. The molecule has 8 nitrogen and oxygen atoms in total. The highest BCUT2D eigenvalue weighted by atomic mass is 35.5. The van der Waals surface area contributed by atoms with E-state index in [-0.39, 0.29) is 5.75 Å². The summed E-state index contributed by atoms with van der Waals surface area (Å²) >= 11 is 6.39. The van der Waals surface area contributed by atoms with Crippen molar-refractivity contribution in [1.29, 1.82) is 0 Å². The van der Waals surface area contributed by atoms with Crippen LogP contribution < -0.4 is 10.1 Å². The van der Waals surface area contributed by atoms with Crippen LogP contribution in [0.5, 0.6) is 5.75 Å². The molecule has 0 aliphatic heterocycles. The Kier molecular flexibility index (Phi) is 8.88. The Labute approximate surface area is 232 Å². The number of fused-ring (bicyclic) bond motifs is 1. The van der Waals surface area contributed by atoms with Crippen molar-refractivity contribution in [1.82, 2.24) is 9.47 Å². The van der Waals surface area contributed by atoms with E-state index in [4.69, 9.17) is 21.1 Å². The van der Waals surface area contributed by atoms with Crippen molar-refractivity contribution in [2.75, 3.05) is 18.4 Å². The molecule has 3 aromatic carbocycles. The normalized spacial score (nSPS) is 11.6. The molecule has 0 aliphatic rings. The van der Waals surface area contributed by atoms with Crippen molar-refractivity contribution < 1.29 is 23.9 Å². The highest BCUT2D eigenvalue weighted by Gasteiger charge is 2.27. The summed E-state index contributed by atoms with van der Waals surface area (Å²) in [6.45, 7) is 6.39. The average molecular weight is 548 g/mol. The second-order valence-electron chi connectivity index (χ2n) is 8.84. The minimum atomic E-state index is -1.20. The molecule has 1 atom stereocenters. The quantitative estimate of drug-likeness (QED) is 0.244. The number of esters is 1. The first-order valence-electron chi connectivity index (χ1n) is 12.7. The molecule has 0 unspecified atom stereocenters. The van der Waals surface area contributed by atoms with Gasteiger partial charge in [-0.25, -0.2) is 4.79 Å². The van der Waals surface area contributed by atoms with E-state index in [2.05, 4.69) is 5.32 Å². The van der Waals surface area contributed by atoms with E-state index in [9.17, 15) is 14.4 Å². The van der Waals surface area contributed by atoms with Crippen molar-refractivity contribution in [3.8, 4) is 5.75 Å². The molecule has 0 bridgehead atoms. The van der Waals surface area contributed by atoms with Gasteiger partial charge in [0.1, 0.15) is 0 Å². The van der Waals surface area contributed by atoms with Crippen molar-refractivity contribution >= 4 is 46.2 Å². The lowest BCUT2D eigenvalue weighted by atomic mass is 10.1. The van der Waals surface area contributed by atoms with E-state index in [1.807, 2.05) is 61.0 Å². The van der Waals surface area contributed by atoms with Gasteiger partial charge in [-0.3, -0.25) is 9.59 Å². The van der Waals surface area contributed by atoms with Crippen LogP contribution in [0.3, 0.4) is 0 Å². The fraction of sp³-hybridized carbons (Fsp3) is 0.233. The zero-order chi connectivity index (χ0) is 27.9. The van der Waals surface area contributed by atoms with Gasteiger partial charge in [-0.05, 0) is 43.7 Å². The molecule has 0 spiro atoms. The van der Waals surface area contributed by atoms with Gasteiger partial charge in [0.25, 0.3) is 5.91 Å². The predicted octanol–water partition coefficient (Wildman–Crippen LogP) is 6.43. The molecule has 9 heteroatoms. The Bertz CT molecular complexity index is 1480. The van der Waals surface area contributed by atoms with Crippen LogP contribution in [0.4, 0.5) is 10.5 Å². The molecule has 1 heterocycles. The third-order valence-corrected chi connectivity index (χ3v) is 6.67. The maximum atomic E-state index is 13.6. The Morgan fingerprint density at radius 2 is 1.64 bits per heavy atom. The first-order chi connectivity index (χ1) is 18.8. The van der Waals surface area contributed by atoms with Crippen LogP contribution in [0, 0.1) is 0 Å². The number of carbonyl (C=O) groups excluding carboxylic acids is 3. The van der Waals surface area contributed by atoms with E-state index in [1.54, 1.807) is 36.4 Å². The number of carbonyl (C=O) groups is 3. The minimum absolute atomic E-state index is 0.179. The summed E-state index contributed by atoms with van der Waals surface area (Å²) in [5, 5.41) is 4.17. The number of rotatable bonds is 9. The SMILES string of the molecule is CCN(CC)C(=O)Oc1ccc2c(ccn2Cc2ccccc2Cl)c1NC(=O)[C@H](OC(C)=O)c1ccccc1. The van der Waals surface area contributed by atoms with Crippen molar-refractivity contribution in [3.63, 3.8) is 0 Å². The summed E-state index contributed by atoms with van der Waals surface area (Å²) in [7, 11) is 0. The van der Waals surface area contributed by atoms with E-state index in [1.165, 1.54) is 11.8 Å². The number of nitrogens with zero attached hydrogens (tertiary/aromatic N) is 2. The third kappa shape index (κ3) is 6.41. The number of nitrogens with one attached hydrogen (secondary N) is 1. The van der Waals surface area contributed by atoms with Crippen molar-refractivity contribution in [3.05, 3.63) is 95.1 Å². The zero-order valence-electron chi connectivity index (χ0n) is 22.0. The number of hydrogen-bond donors (Lipinski definition) is 1. The molecule has 0 saturated heterocycles. The van der Waals surface area contributed by atoms with Gasteiger partial charge in [0, 0.05) is 48.7 Å². The second kappa shape index (κ2) is 12.5. The molecule has 0 fully saturated rings. The third-order valence-electron chi connectivity index (χ3n) is 6.30. The topological polar surface area (TPSA) is 89.9 Å². The Hall–Kier alpha value is -4.30. The smallest absolute Gasteiger partial charge is 0.415 e. The van der Waals surface area contributed by atoms with Gasteiger partial charge in [-0.2, -0.15) is 0 Å². The summed E-state index contributed by atoms with van der Waals surface area (Å²) < 4.78 is 13.1. The molecule has 0 radical (unpaired) electrons. The molecule has 1 aromatic heterocycles. The fourth-order valence-electron chi connectivity index (χ4n) is 4.31. The lowest BCUT2D eigenvalue weighted by Crippen LogP contribution is -2.33. The monoisotopic (exact) mass is 547 g/mol. The van der Waals surface area contributed by atoms with Gasteiger partial charge in [0.05, 0.1) is 11.2 Å². The summed E-state index contributed by atoms with van der Waals surface area (Å²) in [5.74, 6) is -1.00. The van der Waals surface area contributed by atoms with Gasteiger partial charge < -0.3 is 24.3 Å². The molecule has 202 valence electrons. The fourth-order valence-corrected chi connectivity index (χ4v) is 4.51. The molecule has 1 N–H and O–H groups in total. The number of amides is 2. The standard InChI is InChI=1S/C30H30ClN3O5/c1-4-33(5-2)30(37)39-26-16-15-25-23(17-18-34(25)19-22-13-9-10-14-24(22)31)27(26)32-29(36)28(38-20(3)35)21-11-7-6-8-12-21/h6-18,28H,4-5,19H2,1-3H3,(H,32,36)/t28-/m1/s1. The summed E-state index contributed by atoms with van der Waals surface area (Å²) in [5.41, 5.74) is 2.52. The van der Waals surface area contributed by atoms with Crippen molar-refractivity contribution in [2.45, 2.75) is 33.4 Å². The number of anilines is 1.